The van der Waals surface area contributed by atoms with Crippen molar-refractivity contribution < 1.29 is 22.7 Å². The van der Waals surface area contributed by atoms with Crippen LogP contribution in [-0.2, 0) is 22.3 Å². The molecule has 0 atom stereocenters. The van der Waals surface area contributed by atoms with E-state index in [0.29, 0.717) is 29.9 Å². The SMILES string of the molecule is O=C(Cn1c(=O)[nH]c2ncc(-c3cccc(C(F)(F)F)c3)cc21)NC1COC1. The smallest absolute Gasteiger partial charge is 0.377 e. The Bertz CT molecular complexity index is 1100. The summed E-state index contributed by atoms with van der Waals surface area (Å²) in [7, 11) is 0. The first-order chi connectivity index (χ1) is 13.3. The van der Waals surface area contributed by atoms with E-state index in [1.54, 1.807) is 0 Å². The first-order valence-electron chi connectivity index (χ1n) is 8.44. The lowest BCUT2D eigenvalue weighted by Gasteiger charge is -2.26. The Morgan fingerprint density at radius 3 is 2.75 bits per heavy atom. The first-order valence-corrected chi connectivity index (χ1v) is 8.44. The molecule has 146 valence electrons. The van der Waals surface area contributed by atoms with E-state index in [4.69, 9.17) is 4.74 Å². The van der Waals surface area contributed by atoms with Gasteiger partial charge in [0, 0.05) is 11.8 Å². The molecular weight excluding hydrogens is 377 g/mol. The number of fused-ring (bicyclic) bond motifs is 1. The number of amides is 1. The van der Waals surface area contributed by atoms with Gasteiger partial charge in [0.05, 0.1) is 30.3 Å². The van der Waals surface area contributed by atoms with Gasteiger partial charge in [-0.2, -0.15) is 13.2 Å². The van der Waals surface area contributed by atoms with E-state index >= 15 is 0 Å². The third-order valence-corrected chi connectivity index (χ3v) is 4.46. The maximum atomic E-state index is 13.0. The standard InChI is InChI=1S/C18H15F3N4O3/c19-18(20,21)12-3-1-2-10(4-12)11-5-14-16(22-6-11)24-17(27)25(14)7-15(26)23-13-8-28-9-13/h1-6,13H,7-9H2,(H,23,26)(H,22,24,27). The predicted molar refractivity (Wildman–Crippen MR) is 93.5 cm³/mol. The number of aromatic amines is 1. The van der Waals surface area contributed by atoms with Crippen molar-refractivity contribution in [3.63, 3.8) is 0 Å². The number of carbonyl (C=O) groups excluding carboxylic acids is 1. The molecule has 0 bridgehead atoms. The van der Waals surface area contributed by atoms with Gasteiger partial charge in [0.25, 0.3) is 0 Å². The number of pyridine rings is 1. The van der Waals surface area contributed by atoms with Gasteiger partial charge in [0.15, 0.2) is 5.65 Å². The van der Waals surface area contributed by atoms with Gasteiger partial charge in [-0.15, -0.1) is 0 Å². The topological polar surface area (TPSA) is 89.0 Å². The molecule has 1 aromatic carbocycles. The van der Waals surface area contributed by atoms with Gasteiger partial charge >= 0.3 is 11.9 Å². The van der Waals surface area contributed by atoms with Gasteiger partial charge in [-0.05, 0) is 23.8 Å². The van der Waals surface area contributed by atoms with Crippen LogP contribution < -0.4 is 11.0 Å². The minimum atomic E-state index is -4.47. The number of benzene rings is 1. The van der Waals surface area contributed by atoms with Crippen LogP contribution in [0.2, 0.25) is 0 Å². The quantitative estimate of drug-likeness (QED) is 0.710. The summed E-state index contributed by atoms with van der Waals surface area (Å²) in [5.41, 5.74) is -0.0116. The molecule has 1 aliphatic heterocycles. The van der Waals surface area contributed by atoms with Crippen LogP contribution in [0.4, 0.5) is 13.2 Å². The zero-order valence-electron chi connectivity index (χ0n) is 14.4. The summed E-state index contributed by atoms with van der Waals surface area (Å²) in [5.74, 6) is -0.360. The zero-order valence-corrected chi connectivity index (χ0v) is 14.4. The summed E-state index contributed by atoms with van der Waals surface area (Å²) in [4.78, 5) is 31.0. The molecule has 2 N–H and O–H groups in total. The minimum Gasteiger partial charge on any atom is -0.377 e. The number of nitrogens with zero attached hydrogens (tertiary/aromatic N) is 2. The third-order valence-electron chi connectivity index (χ3n) is 4.46. The number of aromatic nitrogens is 3. The molecule has 4 rings (SSSR count). The molecule has 0 radical (unpaired) electrons. The Labute approximate surface area is 156 Å². The van der Waals surface area contributed by atoms with Crippen LogP contribution in [-0.4, -0.2) is 39.7 Å². The lowest BCUT2D eigenvalue weighted by atomic mass is 10.0. The summed E-state index contributed by atoms with van der Waals surface area (Å²) in [6.45, 7) is 0.620. The molecule has 0 unspecified atom stereocenters. The van der Waals surface area contributed by atoms with Crippen LogP contribution in [0.3, 0.4) is 0 Å². The normalized spacial score (nSPS) is 14.8. The molecule has 2 aromatic heterocycles. The number of H-pyrrole nitrogens is 1. The molecule has 3 heterocycles. The number of halogens is 3. The molecule has 1 saturated heterocycles. The number of rotatable bonds is 4. The van der Waals surface area contributed by atoms with E-state index in [9.17, 15) is 22.8 Å². The Balaban J connectivity index is 1.68. The highest BCUT2D eigenvalue weighted by Crippen LogP contribution is 2.32. The first kappa shape index (κ1) is 18.2. The highest BCUT2D eigenvalue weighted by atomic mass is 19.4. The van der Waals surface area contributed by atoms with E-state index in [1.165, 1.54) is 29.0 Å². The number of imidazole rings is 1. The fraction of sp³-hybridized carbons (Fsp3) is 0.278. The largest absolute Gasteiger partial charge is 0.416 e. The third kappa shape index (κ3) is 3.50. The van der Waals surface area contributed by atoms with Gasteiger partial charge in [-0.3, -0.25) is 14.3 Å². The van der Waals surface area contributed by atoms with Gasteiger partial charge in [0.2, 0.25) is 5.91 Å². The van der Waals surface area contributed by atoms with Crippen molar-refractivity contribution in [1.82, 2.24) is 19.9 Å². The van der Waals surface area contributed by atoms with Gasteiger partial charge in [-0.25, -0.2) is 9.78 Å². The van der Waals surface area contributed by atoms with Crippen LogP contribution in [0.5, 0.6) is 0 Å². The Hall–Kier alpha value is -3.14. The maximum Gasteiger partial charge on any atom is 0.416 e. The highest BCUT2D eigenvalue weighted by molar-refractivity contribution is 5.82. The summed E-state index contributed by atoms with van der Waals surface area (Å²) in [6.07, 6.45) is -3.09. The number of nitrogens with one attached hydrogen (secondary N) is 2. The number of hydrogen-bond donors (Lipinski definition) is 2. The molecule has 3 aromatic rings. The second-order valence-electron chi connectivity index (χ2n) is 6.49. The predicted octanol–water partition coefficient (Wildman–Crippen LogP) is 1.93. The van der Waals surface area contributed by atoms with E-state index in [2.05, 4.69) is 15.3 Å². The van der Waals surface area contributed by atoms with E-state index in [-0.39, 0.29) is 24.1 Å². The summed E-state index contributed by atoms with van der Waals surface area (Å²) in [6, 6.07) is 6.29. The van der Waals surface area contributed by atoms with Crippen LogP contribution in [0.1, 0.15) is 5.56 Å². The maximum absolute atomic E-state index is 13.0. The summed E-state index contributed by atoms with van der Waals surface area (Å²) in [5, 5.41) is 2.73. The Kier molecular flexibility index (Phi) is 4.42. The van der Waals surface area contributed by atoms with Crippen molar-refractivity contribution in [3.05, 3.63) is 52.6 Å². The van der Waals surface area contributed by atoms with Crippen molar-refractivity contribution in [2.24, 2.45) is 0 Å². The van der Waals surface area contributed by atoms with Crippen LogP contribution >= 0.6 is 0 Å². The van der Waals surface area contributed by atoms with Crippen molar-refractivity contribution in [2.45, 2.75) is 18.8 Å². The molecule has 1 amide bonds. The molecule has 10 heteroatoms. The monoisotopic (exact) mass is 392 g/mol. The summed E-state index contributed by atoms with van der Waals surface area (Å²) < 4.78 is 45.1. The lowest BCUT2D eigenvalue weighted by molar-refractivity contribution is -0.137. The zero-order chi connectivity index (χ0) is 19.9. The average molecular weight is 392 g/mol. The molecule has 0 spiro atoms. The number of carbonyl (C=O) groups is 1. The molecular formula is C18H15F3N4O3. The lowest BCUT2D eigenvalue weighted by Crippen LogP contribution is -2.49. The second-order valence-corrected chi connectivity index (χ2v) is 6.49. The van der Waals surface area contributed by atoms with Crippen molar-refractivity contribution in [2.75, 3.05) is 13.2 Å². The second kappa shape index (κ2) is 6.79. The van der Waals surface area contributed by atoms with Crippen molar-refractivity contribution in [3.8, 4) is 11.1 Å². The number of alkyl halides is 3. The average Bonchev–Trinajstić information content (AvgIpc) is 2.92. The minimum absolute atomic E-state index is 0.0767. The van der Waals surface area contributed by atoms with Crippen molar-refractivity contribution >= 4 is 17.1 Å². The van der Waals surface area contributed by atoms with E-state index < -0.39 is 17.4 Å². The fourth-order valence-electron chi connectivity index (χ4n) is 2.96. The Morgan fingerprint density at radius 2 is 2.07 bits per heavy atom. The van der Waals surface area contributed by atoms with Crippen LogP contribution in [0.15, 0.2) is 41.3 Å². The van der Waals surface area contributed by atoms with Gasteiger partial charge in [-0.1, -0.05) is 12.1 Å². The number of ether oxygens (including phenoxy) is 1. The molecule has 0 saturated carbocycles. The van der Waals surface area contributed by atoms with Crippen molar-refractivity contribution in [1.29, 1.82) is 0 Å². The van der Waals surface area contributed by atoms with E-state index in [1.807, 2.05) is 0 Å². The van der Waals surface area contributed by atoms with E-state index in [0.717, 1.165) is 12.1 Å². The molecule has 28 heavy (non-hydrogen) atoms. The molecule has 0 aliphatic carbocycles. The Morgan fingerprint density at radius 1 is 1.29 bits per heavy atom. The molecule has 1 fully saturated rings. The molecule has 7 nitrogen and oxygen atoms in total. The van der Waals surface area contributed by atoms with Gasteiger partial charge in [0.1, 0.15) is 6.54 Å². The van der Waals surface area contributed by atoms with Gasteiger partial charge < -0.3 is 10.1 Å². The van der Waals surface area contributed by atoms with Crippen LogP contribution in [0.25, 0.3) is 22.3 Å². The fourth-order valence-corrected chi connectivity index (χ4v) is 2.96. The molecule has 1 aliphatic rings. The number of hydrogen-bond acceptors (Lipinski definition) is 4. The highest BCUT2D eigenvalue weighted by Gasteiger charge is 2.30. The van der Waals surface area contributed by atoms with Crippen LogP contribution in [0, 0.1) is 0 Å². The summed E-state index contributed by atoms with van der Waals surface area (Å²) >= 11 is 0.